The zero-order valence-corrected chi connectivity index (χ0v) is 9.84. The molecule has 0 spiro atoms. The van der Waals surface area contributed by atoms with Crippen LogP contribution in [0, 0.1) is 19.8 Å². The first kappa shape index (κ1) is 11.0. The van der Waals surface area contributed by atoms with E-state index in [-0.39, 0.29) is 5.91 Å². The number of carbonyl (C=O) groups is 1. The van der Waals surface area contributed by atoms with Crippen molar-refractivity contribution in [3.8, 4) is 0 Å². The standard InChI is InChI=1S/C13H18N2O/c1-8-3-6-11(14)13(9(8)2)15-12(16)7-10-4-5-10/h3,6,10H,4-5,7,14H2,1-2H3,(H,15,16). The number of benzene rings is 1. The van der Waals surface area contributed by atoms with E-state index in [1.54, 1.807) is 0 Å². The van der Waals surface area contributed by atoms with E-state index in [4.69, 9.17) is 5.73 Å². The van der Waals surface area contributed by atoms with E-state index in [1.807, 2.05) is 26.0 Å². The van der Waals surface area contributed by atoms with Crippen molar-refractivity contribution in [3.05, 3.63) is 23.3 Å². The quantitative estimate of drug-likeness (QED) is 0.766. The van der Waals surface area contributed by atoms with Gasteiger partial charge in [-0.2, -0.15) is 0 Å². The number of nitrogen functional groups attached to an aromatic ring is 1. The average molecular weight is 218 g/mol. The van der Waals surface area contributed by atoms with Gasteiger partial charge in [0, 0.05) is 6.42 Å². The van der Waals surface area contributed by atoms with Crippen LogP contribution in [0.4, 0.5) is 11.4 Å². The van der Waals surface area contributed by atoms with Crippen LogP contribution in [0.15, 0.2) is 12.1 Å². The summed E-state index contributed by atoms with van der Waals surface area (Å²) in [5, 5.41) is 2.93. The van der Waals surface area contributed by atoms with Gasteiger partial charge in [-0.3, -0.25) is 4.79 Å². The molecule has 3 nitrogen and oxygen atoms in total. The van der Waals surface area contributed by atoms with Crippen molar-refractivity contribution in [2.75, 3.05) is 11.1 Å². The molecule has 1 fully saturated rings. The maximum absolute atomic E-state index is 11.7. The SMILES string of the molecule is Cc1ccc(N)c(NC(=O)CC2CC2)c1C. The molecular weight excluding hydrogens is 200 g/mol. The Hall–Kier alpha value is -1.51. The van der Waals surface area contributed by atoms with E-state index < -0.39 is 0 Å². The highest BCUT2D eigenvalue weighted by Gasteiger charge is 2.24. The first-order chi connectivity index (χ1) is 7.58. The summed E-state index contributed by atoms with van der Waals surface area (Å²) in [6, 6.07) is 3.82. The fraction of sp³-hybridized carbons (Fsp3) is 0.462. The van der Waals surface area contributed by atoms with Crippen LogP contribution in [0.1, 0.15) is 30.4 Å². The summed E-state index contributed by atoms with van der Waals surface area (Å²) < 4.78 is 0. The summed E-state index contributed by atoms with van der Waals surface area (Å²) in [5.41, 5.74) is 9.51. The van der Waals surface area contributed by atoms with Gasteiger partial charge in [-0.25, -0.2) is 0 Å². The zero-order chi connectivity index (χ0) is 11.7. The van der Waals surface area contributed by atoms with Crippen LogP contribution in [0.5, 0.6) is 0 Å². The van der Waals surface area contributed by atoms with Crippen molar-refractivity contribution in [3.63, 3.8) is 0 Å². The molecule has 0 heterocycles. The second kappa shape index (κ2) is 4.16. The second-order valence-corrected chi connectivity index (χ2v) is 4.67. The largest absolute Gasteiger partial charge is 0.397 e. The number of carbonyl (C=O) groups excluding carboxylic acids is 1. The molecule has 0 radical (unpaired) electrons. The summed E-state index contributed by atoms with van der Waals surface area (Å²) >= 11 is 0. The Labute approximate surface area is 96.0 Å². The molecule has 1 aliphatic rings. The van der Waals surface area contributed by atoms with Gasteiger partial charge in [0.15, 0.2) is 0 Å². The van der Waals surface area contributed by atoms with Crippen molar-refractivity contribution >= 4 is 17.3 Å². The van der Waals surface area contributed by atoms with Gasteiger partial charge >= 0.3 is 0 Å². The van der Waals surface area contributed by atoms with E-state index >= 15 is 0 Å². The minimum Gasteiger partial charge on any atom is -0.397 e. The Balaban J connectivity index is 2.12. The molecule has 1 amide bonds. The minimum absolute atomic E-state index is 0.0860. The van der Waals surface area contributed by atoms with Gasteiger partial charge in [0.25, 0.3) is 0 Å². The molecule has 0 bridgehead atoms. The van der Waals surface area contributed by atoms with Gasteiger partial charge in [-0.05, 0) is 49.8 Å². The molecule has 3 heteroatoms. The number of nitrogens with one attached hydrogen (secondary N) is 1. The third-order valence-electron chi connectivity index (χ3n) is 3.20. The van der Waals surface area contributed by atoms with Crippen LogP contribution in [-0.4, -0.2) is 5.91 Å². The Morgan fingerprint density at radius 3 is 2.75 bits per heavy atom. The molecule has 0 aliphatic heterocycles. The third kappa shape index (κ3) is 2.35. The Bertz CT molecular complexity index is 422. The number of aryl methyl sites for hydroxylation is 1. The fourth-order valence-electron chi connectivity index (χ4n) is 1.78. The molecule has 0 aromatic heterocycles. The van der Waals surface area contributed by atoms with Gasteiger partial charge in [-0.15, -0.1) is 0 Å². The second-order valence-electron chi connectivity index (χ2n) is 4.67. The maximum atomic E-state index is 11.7. The predicted molar refractivity (Wildman–Crippen MR) is 66.3 cm³/mol. The number of rotatable bonds is 3. The first-order valence-corrected chi connectivity index (χ1v) is 5.73. The number of amides is 1. The van der Waals surface area contributed by atoms with Crippen LogP contribution in [0.2, 0.25) is 0 Å². The van der Waals surface area contributed by atoms with Gasteiger partial charge in [0.2, 0.25) is 5.91 Å². The monoisotopic (exact) mass is 218 g/mol. The zero-order valence-electron chi connectivity index (χ0n) is 9.84. The van der Waals surface area contributed by atoms with Crippen LogP contribution in [0.3, 0.4) is 0 Å². The van der Waals surface area contributed by atoms with Crippen LogP contribution < -0.4 is 11.1 Å². The van der Waals surface area contributed by atoms with E-state index in [0.717, 1.165) is 16.8 Å². The van der Waals surface area contributed by atoms with Gasteiger partial charge in [0.05, 0.1) is 11.4 Å². The number of anilines is 2. The Kier molecular flexibility index (Phi) is 2.86. The fourth-order valence-corrected chi connectivity index (χ4v) is 1.78. The van der Waals surface area contributed by atoms with E-state index in [1.165, 1.54) is 12.8 Å². The lowest BCUT2D eigenvalue weighted by Crippen LogP contribution is -2.14. The molecule has 0 unspecified atom stereocenters. The van der Waals surface area contributed by atoms with E-state index in [0.29, 0.717) is 18.0 Å². The molecule has 1 aliphatic carbocycles. The number of hydrogen-bond acceptors (Lipinski definition) is 2. The maximum Gasteiger partial charge on any atom is 0.224 e. The number of hydrogen-bond donors (Lipinski definition) is 2. The summed E-state index contributed by atoms with van der Waals surface area (Å²) in [6.07, 6.45) is 3.01. The van der Waals surface area contributed by atoms with Gasteiger partial charge in [0.1, 0.15) is 0 Å². The summed E-state index contributed by atoms with van der Waals surface area (Å²) in [5.74, 6) is 0.689. The lowest BCUT2D eigenvalue weighted by molar-refractivity contribution is -0.116. The van der Waals surface area contributed by atoms with E-state index in [2.05, 4.69) is 5.32 Å². The molecule has 16 heavy (non-hydrogen) atoms. The molecule has 1 aromatic rings. The highest BCUT2D eigenvalue weighted by Crippen LogP contribution is 2.33. The Morgan fingerprint density at radius 2 is 2.12 bits per heavy atom. The summed E-state index contributed by atoms with van der Waals surface area (Å²) in [6.45, 7) is 4.00. The average Bonchev–Trinajstić information content (AvgIpc) is 3.02. The van der Waals surface area contributed by atoms with Crippen LogP contribution in [-0.2, 0) is 4.79 Å². The minimum atomic E-state index is 0.0860. The summed E-state index contributed by atoms with van der Waals surface area (Å²) in [4.78, 5) is 11.7. The highest BCUT2D eigenvalue weighted by atomic mass is 16.1. The highest BCUT2D eigenvalue weighted by molar-refractivity contribution is 5.95. The smallest absolute Gasteiger partial charge is 0.224 e. The van der Waals surface area contributed by atoms with Crippen LogP contribution in [0.25, 0.3) is 0 Å². The molecule has 0 saturated heterocycles. The first-order valence-electron chi connectivity index (χ1n) is 5.73. The van der Waals surface area contributed by atoms with E-state index in [9.17, 15) is 4.79 Å². The van der Waals surface area contributed by atoms with Crippen molar-refractivity contribution in [1.29, 1.82) is 0 Å². The lowest BCUT2D eigenvalue weighted by atomic mass is 10.1. The van der Waals surface area contributed by atoms with Crippen molar-refractivity contribution in [1.82, 2.24) is 0 Å². The molecule has 0 atom stereocenters. The van der Waals surface area contributed by atoms with Gasteiger partial charge < -0.3 is 11.1 Å². The Morgan fingerprint density at radius 1 is 1.44 bits per heavy atom. The number of nitrogens with two attached hydrogens (primary N) is 1. The predicted octanol–water partition coefficient (Wildman–Crippen LogP) is 2.62. The lowest BCUT2D eigenvalue weighted by Gasteiger charge is -2.13. The normalized spacial score (nSPS) is 14.9. The van der Waals surface area contributed by atoms with Crippen molar-refractivity contribution < 1.29 is 4.79 Å². The molecule has 1 aromatic carbocycles. The molecular formula is C13H18N2O. The molecule has 3 N–H and O–H groups in total. The molecule has 86 valence electrons. The van der Waals surface area contributed by atoms with Crippen molar-refractivity contribution in [2.45, 2.75) is 33.1 Å². The van der Waals surface area contributed by atoms with Gasteiger partial charge in [-0.1, -0.05) is 6.07 Å². The topological polar surface area (TPSA) is 55.1 Å². The molecule has 2 rings (SSSR count). The summed E-state index contributed by atoms with van der Waals surface area (Å²) in [7, 11) is 0. The van der Waals surface area contributed by atoms with Crippen molar-refractivity contribution in [2.24, 2.45) is 5.92 Å². The molecule has 1 saturated carbocycles. The third-order valence-corrected chi connectivity index (χ3v) is 3.20. The van der Waals surface area contributed by atoms with Crippen LogP contribution >= 0.6 is 0 Å².